The molecule has 0 aliphatic rings. The van der Waals surface area contributed by atoms with Crippen molar-refractivity contribution < 1.29 is 0 Å². The van der Waals surface area contributed by atoms with Gasteiger partial charge in [-0.3, -0.25) is 9.97 Å². The Kier molecular flexibility index (Phi) is 9.95. The third kappa shape index (κ3) is 7.66. The van der Waals surface area contributed by atoms with Gasteiger partial charge in [0.2, 0.25) is 0 Å². The minimum atomic E-state index is 0.527. The quantitative estimate of drug-likeness (QED) is 0.141. The van der Waals surface area contributed by atoms with Crippen molar-refractivity contribution in [3.8, 4) is 96.5 Å². The number of nitrogens with zero attached hydrogens (tertiary/aromatic N) is 9. The van der Waals surface area contributed by atoms with Crippen molar-refractivity contribution in [2.45, 2.75) is 0 Å². The predicted molar refractivity (Wildman–Crippen MR) is 267 cm³/mol. The van der Waals surface area contributed by atoms with Crippen molar-refractivity contribution in [2.75, 3.05) is 0 Å². The highest BCUT2D eigenvalue weighted by atomic mass is 15.1. The topological polar surface area (TPSA) is 108 Å². The van der Waals surface area contributed by atoms with Crippen molar-refractivity contribution in [2.24, 2.45) is 0 Å². The molecular weight excluding hydrogens is 823 g/mol. The minimum Gasteiger partial charge on any atom is -0.309 e. The molecule has 0 spiro atoms. The Bertz CT molecular complexity index is 3350. The molecule has 12 rings (SSSR count). The van der Waals surface area contributed by atoms with E-state index in [4.69, 9.17) is 29.9 Å². The van der Waals surface area contributed by atoms with Gasteiger partial charge in [-0.05, 0) is 82.9 Å². The second-order valence-electron chi connectivity index (χ2n) is 16.1. The van der Waals surface area contributed by atoms with Crippen LogP contribution in [-0.4, -0.2) is 44.4 Å². The molecule has 12 aromatic rings. The van der Waals surface area contributed by atoms with E-state index in [1.165, 1.54) is 0 Å². The van der Waals surface area contributed by atoms with E-state index in [1.54, 1.807) is 12.4 Å². The van der Waals surface area contributed by atoms with E-state index in [0.29, 0.717) is 46.3 Å². The van der Waals surface area contributed by atoms with Crippen LogP contribution in [0.4, 0.5) is 0 Å². The van der Waals surface area contributed by atoms with Crippen LogP contribution in [0.5, 0.6) is 0 Å². The maximum atomic E-state index is 4.93. The van der Waals surface area contributed by atoms with Crippen LogP contribution in [0.2, 0.25) is 0 Å². The standard InChI is InChI=1S/C58H37N9/c1-4-14-40(15-5-1)53-61-55(65-57(63-53)49-20-10-12-34-59-49)42-26-22-38(23-27-42)44-30-32-51-47(36-44)48-37-45(31-33-52(48)67(51)46-18-8-3-9-19-46)39-24-28-43(29-25-39)56-62-54(41-16-6-2-7-17-41)64-58(66-56)50-21-11-13-35-60-50/h1-37H. The number of fused-ring (bicyclic) bond motifs is 3. The van der Waals surface area contributed by atoms with Crippen molar-refractivity contribution in [1.29, 1.82) is 0 Å². The Morgan fingerprint density at radius 2 is 0.582 bits per heavy atom. The van der Waals surface area contributed by atoms with Gasteiger partial charge < -0.3 is 4.57 Å². The lowest BCUT2D eigenvalue weighted by molar-refractivity contribution is 1.06. The van der Waals surface area contributed by atoms with E-state index in [2.05, 4.69) is 130 Å². The molecule has 0 unspecified atom stereocenters. The summed E-state index contributed by atoms with van der Waals surface area (Å²) in [5.41, 5.74) is 12.7. The molecule has 0 saturated heterocycles. The molecule has 5 heterocycles. The van der Waals surface area contributed by atoms with Gasteiger partial charge in [-0.25, -0.2) is 29.9 Å². The molecule has 0 saturated carbocycles. The summed E-state index contributed by atoms with van der Waals surface area (Å²) in [4.78, 5) is 38.3. The fourth-order valence-electron chi connectivity index (χ4n) is 8.52. The van der Waals surface area contributed by atoms with E-state index in [9.17, 15) is 0 Å². The summed E-state index contributed by atoms with van der Waals surface area (Å²) in [7, 11) is 0. The third-order valence-electron chi connectivity index (χ3n) is 11.9. The Labute approximate surface area is 385 Å². The molecule has 9 nitrogen and oxygen atoms in total. The predicted octanol–water partition coefficient (Wildman–Crippen LogP) is 13.3. The summed E-state index contributed by atoms with van der Waals surface area (Å²) < 4.78 is 2.35. The number of pyridine rings is 2. The van der Waals surface area contributed by atoms with Gasteiger partial charge in [0.15, 0.2) is 34.9 Å². The number of aromatic nitrogens is 9. The Hall–Kier alpha value is -9.34. The molecule has 5 aromatic heterocycles. The van der Waals surface area contributed by atoms with Gasteiger partial charge >= 0.3 is 0 Å². The van der Waals surface area contributed by atoms with Gasteiger partial charge in [0, 0.05) is 51.1 Å². The maximum absolute atomic E-state index is 4.93. The number of hydrogen-bond donors (Lipinski definition) is 0. The lowest BCUT2D eigenvalue weighted by atomic mass is 9.99. The zero-order valence-corrected chi connectivity index (χ0v) is 35.9. The molecular formula is C58H37N9. The van der Waals surface area contributed by atoms with Crippen LogP contribution in [0.15, 0.2) is 225 Å². The minimum absolute atomic E-state index is 0.527. The molecule has 9 heteroatoms. The highest BCUT2D eigenvalue weighted by Crippen LogP contribution is 2.38. The third-order valence-corrected chi connectivity index (χ3v) is 11.9. The molecule has 0 bridgehead atoms. The Morgan fingerprint density at radius 1 is 0.254 bits per heavy atom. The van der Waals surface area contributed by atoms with E-state index >= 15 is 0 Å². The first-order chi connectivity index (χ1) is 33.2. The summed E-state index contributed by atoms with van der Waals surface area (Å²) >= 11 is 0. The molecule has 0 aliphatic carbocycles. The molecule has 0 aliphatic heterocycles. The average Bonchev–Trinajstić information content (AvgIpc) is 3.75. The van der Waals surface area contributed by atoms with Gasteiger partial charge in [0.25, 0.3) is 0 Å². The van der Waals surface area contributed by atoms with Crippen molar-refractivity contribution in [1.82, 2.24) is 44.4 Å². The molecule has 0 atom stereocenters. The van der Waals surface area contributed by atoms with Crippen LogP contribution in [0.1, 0.15) is 0 Å². The normalized spacial score (nSPS) is 11.3. The molecule has 0 fully saturated rings. The summed E-state index contributed by atoms with van der Waals surface area (Å²) in [6, 6.07) is 72.4. The fraction of sp³-hybridized carbons (Fsp3) is 0. The first kappa shape index (κ1) is 39.3. The molecule has 0 radical (unpaired) electrons. The van der Waals surface area contributed by atoms with Crippen molar-refractivity contribution in [3.05, 3.63) is 225 Å². The van der Waals surface area contributed by atoms with Crippen LogP contribution in [-0.2, 0) is 0 Å². The Balaban J connectivity index is 0.916. The first-order valence-electron chi connectivity index (χ1n) is 22.0. The zero-order chi connectivity index (χ0) is 44.5. The largest absolute Gasteiger partial charge is 0.309 e. The second kappa shape index (κ2) is 17.0. The van der Waals surface area contributed by atoms with Crippen LogP contribution in [0.3, 0.4) is 0 Å². The molecule has 0 N–H and O–H groups in total. The summed E-state index contributed by atoms with van der Waals surface area (Å²) in [5.74, 6) is 3.42. The van der Waals surface area contributed by atoms with Crippen molar-refractivity contribution in [3.63, 3.8) is 0 Å². The van der Waals surface area contributed by atoms with Gasteiger partial charge in [-0.15, -0.1) is 0 Å². The number of para-hydroxylation sites is 1. The molecule has 7 aromatic carbocycles. The van der Waals surface area contributed by atoms with E-state index in [1.807, 2.05) is 97.1 Å². The molecule has 67 heavy (non-hydrogen) atoms. The van der Waals surface area contributed by atoms with Crippen molar-refractivity contribution >= 4 is 21.8 Å². The first-order valence-corrected chi connectivity index (χ1v) is 22.0. The number of hydrogen-bond acceptors (Lipinski definition) is 8. The SMILES string of the molecule is c1ccc(-c2nc(-c3ccc(-c4ccc5c(c4)c4cc(-c6ccc(-c7nc(-c8ccccc8)nc(-c8ccccn8)n7)cc6)ccc4n5-c4ccccc4)cc3)nc(-c3ccccn3)n2)cc1. The van der Waals surface area contributed by atoms with E-state index in [-0.39, 0.29) is 0 Å². The van der Waals surface area contributed by atoms with Crippen LogP contribution >= 0.6 is 0 Å². The zero-order valence-electron chi connectivity index (χ0n) is 35.9. The average molecular weight is 860 g/mol. The lowest BCUT2D eigenvalue weighted by Crippen LogP contribution is -2.00. The summed E-state index contributed by atoms with van der Waals surface area (Å²) in [6.07, 6.45) is 3.51. The number of benzene rings is 7. The monoisotopic (exact) mass is 859 g/mol. The van der Waals surface area contributed by atoms with E-state index < -0.39 is 0 Å². The maximum Gasteiger partial charge on any atom is 0.182 e. The van der Waals surface area contributed by atoms with Crippen LogP contribution in [0.25, 0.3) is 118 Å². The second-order valence-corrected chi connectivity index (χ2v) is 16.1. The lowest BCUT2D eigenvalue weighted by Gasteiger charge is -2.10. The highest BCUT2D eigenvalue weighted by Gasteiger charge is 2.18. The van der Waals surface area contributed by atoms with Gasteiger partial charge in [-0.1, -0.05) is 152 Å². The fourth-order valence-corrected chi connectivity index (χ4v) is 8.52. The number of rotatable bonds is 9. The highest BCUT2D eigenvalue weighted by molar-refractivity contribution is 6.11. The smallest absolute Gasteiger partial charge is 0.182 e. The van der Waals surface area contributed by atoms with Crippen LogP contribution in [0, 0.1) is 0 Å². The van der Waals surface area contributed by atoms with Gasteiger partial charge in [-0.2, -0.15) is 0 Å². The van der Waals surface area contributed by atoms with Gasteiger partial charge in [0.1, 0.15) is 11.4 Å². The summed E-state index contributed by atoms with van der Waals surface area (Å²) in [6.45, 7) is 0. The molecule has 314 valence electrons. The molecule has 0 amide bonds. The Morgan fingerprint density at radius 3 is 0.970 bits per heavy atom. The van der Waals surface area contributed by atoms with Gasteiger partial charge in [0.05, 0.1) is 11.0 Å². The summed E-state index contributed by atoms with van der Waals surface area (Å²) in [5, 5.41) is 2.31. The van der Waals surface area contributed by atoms with Crippen LogP contribution < -0.4 is 0 Å². The van der Waals surface area contributed by atoms with E-state index in [0.717, 1.165) is 72.0 Å².